The van der Waals surface area contributed by atoms with Gasteiger partial charge in [-0.05, 0) is 51.1 Å². The van der Waals surface area contributed by atoms with Gasteiger partial charge in [0.05, 0.1) is 0 Å². The van der Waals surface area contributed by atoms with Gasteiger partial charge in [-0.2, -0.15) is 0 Å². The highest BCUT2D eigenvalue weighted by molar-refractivity contribution is 6.85. The SMILES string of the molecule is C[Si](C)(CC1=CC=CC1)O[Si](C)(C)CC1=CC=CC1. The number of hydrogen-bond donors (Lipinski definition) is 0. The lowest BCUT2D eigenvalue weighted by atomic mass is 10.3. The highest BCUT2D eigenvalue weighted by atomic mass is 28.4. The van der Waals surface area contributed by atoms with Crippen LogP contribution in [-0.2, 0) is 4.12 Å². The molecule has 0 saturated heterocycles. The highest BCUT2D eigenvalue weighted by Crippen LogP contribution is 2.30. The van der Waals surface area contributed by atoms with Crippen molar-refractivity contribution in [2.24, 2.45) is 0 Å². The topological polar surface area (TPSA) is 9.23 Å². The van der Waals surface area contributed by atoms with Crippen LogP contribution in [0.5, 0.6) is 0 Å². The van der Waals surface area contributed by atoms with Gasteiger partial charge >= 0.3 is 0 Å². The molecule has 2 rings (SSSR count). The largest absolute Gasteiger partial charge is 0.455 e. The summed E-state index contributed by atoms with van der Waals surface area (Å²) in [6, 6.07) is 2.38. The molecular formula is C16H26OSi2. The first-order valence-electron chi connectivity index (χ1n) is 7.26. The van der Waals surface area contributed by atoms with Crippen molar-refractivity contribution in [3.8, 4) is 0 Å². The number of allylic oxidation sites excluding steroid dienone is 8. The van der Waals surface area contributed by atoms with Crippen LogP contribution in [0.15, 0.2) is 47.6 Å². The maximum Gasteiger partial charge on any atom is 0.177 e. The molecule has 0 bridgehead atoms. The third-order valence-corrected chi connectivity index (χ3v) is 10.6. The Kier molecular flexibility index (Phi) is 4.48. The van der Waals surface area contributed by atoms with E-state index in [9.17, 15) is 0 Å². The van der Waals surface area contributed by atoms with E-state index in [0.717, 1.165) is 12.8 Å². The second-order valence-corrected chi connectivity index (χ2v) is 15.5. The van der Waals surface area contributed by atoms with Crippen LogP contribution in [0.25, 0.3) is 0 Å². The van der Waals surface area contributed by atoms with Gasteiger partial charge in [0.25, 0.3) is 0 Å². The van der Waals surface area contributed by atoms with Crippen LogP contribution in [-0.4, -0.2) is 16.6 Å². The molecule has 104 valence electrons. The lowest BCUT2D eigenvalue weighted by Crippen LogP contribution is -2.44. The van der Waals surface area contributed by atoms with Crippen molar-refractivity contribution in [2.45, 2.75) is 51.1 Å². The molecule has 2 aliphatic carbocycles. The normalized spacial score (nSPS) is 18.9. The maximum absolute atomic E-state index is 6.69. The average molecular weight is 291 g/mol. The first-order valence-corrected chi connectivity index (χ1v) is 13.5. The van der Waals surface area contributed by atoms with Crippen LogP contribution in [0.2, 0.25) is 38.3 Å². The fourth-order valence-corrected chi connectivity index (χ4v) is 12.4. The molecule has 0 saturated carbocycles. The molecule has 19 heavy (non-hydrogen) atoms. The van der Waals surface area contributed by atoms with E-state index in [4.69, 9.17) is 4.12 Å². The Balaban J connectivity index is 1.89. The van der Waals surface area contributed by atoms with Gasteiger partial charge in [-0.3, -0.25) is 0 Å². The molecule has 0 aromatic heterocycles. The summed E-state index contributed by atoms with van der Waals surface area (Å²) in [7, 11) is -3.14. The Hall–Kier alpha value is -0.646. The molecule has 0 fully saturated rings. The predicted molar refractivity (Wildman–Crippen MR) is 89.3 cm³/mol. The third-order valence-electron chi connectivity index (χ3n) is 3.55. The van der Waals surface area contributed by atoms with E-state index in [2.05, 4.69) is 62.6 Å². The Labute approximate surface area is 120 Å². The van der Waals surface area contributed by atoms with Crippen LogP contribution >= 0.6 is 0 Å². The molecule has 0 heterocycles. The molecule has 0 atom stereocenters. The quantitative estimate of drug-likeness (QED) is 0.612. The zero-order valence-corrected chi connectivity index (χ0v) is 14.7. The summed E-state index contributed by atoms with van der Waals surface area (Å²) in [5.74, 6) is 0. The number of rotatable bonds is 6. The Bertz CT molecular complexity index is 411. The predicted octanol–water partition coefficient (Wildman–Crippen LogP) is 5.19. The molecular weight excluding hydrogens is 264 g/mol. The third kappa shape index (κ3) is 4.75. The van der Waals surface area contributed by atoms with Gasteiger partial charge < -0.3 is 4.12 Å². The zero-order valence-electron chi connectivity index (χ0n) is 12.7. The van der Waals surface area contributed by atoms with Gasteiger partial charge in [-0.25, -0.2) is 0 Å². The molecule has 0 unspecified atom stereocenters. The fourth-order valence-electron chi connectivity index (χ4n) is 3.16. The zero-order chi connectivity index (χ0) is 13.9. The van der Waals surface area contributed by atoms with Crippen molar-refractivity contribution in [1.29, 1.82) is 0 Å². The molecule has 2 aliphatic rings. The summed E-state index contributed by atoms with van der Waals surface area (Å²) in [5.41, 5.74) is 3.12. The molecule has 0 spiro atoms. The van der Waals surface area contributed by atoms with Gasteiger partial charge in [-0.1, -0.05) is 47.6 Å². The van der Waals surface area contributed by atoms with Crippen LogP contribution in [0, 0.1) is 0 Å². The van der Waals surface area contributed by atoms with Gasteiger partial charge in [0.1, 0.15) is 0 Å². The van der Waals surface area contributed by atoms with Crippen molar-refractivity contribution >= 4 is 16.6 Å². The van der Waals surface area contributed by atoms with E-state index >= 15 is 0 Å². The summed E-state index contributed by atoms with van der Waals surface area (Å²) in [4.78, 5) is 0. The van der Waals surface area contributed by atoms with E-state index in [1.165, 1.54) is 12.1 Å². The Morgan fingerprint density at radius 3 is 1.58 bits per heavy atom. The summed E-state index contributed by atoms with van der Waals surface area (Å²) in [6.45, 7) is 9.51. The molecule has 0 radical (unpaired) electrons. The molecule has 0 N–H and O–H groups in total. The van der Waals surface area contributed by atoms with E-state index in [0.29, 0.717) is 0 Å². The molecule has 0 aromatic carbocycles. The number of hydrogen-bond acceptors (Lipinski definition) is 1. The van der Waals surface area contributed by atoms with Gasteiger partial charge in [0.15, 0.2) is 16.6 Å². The second kappa shape index (κ2) is 5.77. The minimum atomic E-state index is -1.57. The molecule has 0 aliphatic heterocycles. The summed E-state index contributed by atoms with van der Waals surface area (Å²) in [5, 5.41) is 0. The van der Waals surface area contributed by atoms with E-state index in [-0.39, 0.29) is 0 Å². The van der Waals surface area contributed by atoms with E-state index in [1.54, 1.807) is 11.1 Å². The van der Waals surface area contributed by atoms with Crippen molar-refractivity contribution < 1.29 is 4.12 Å². The first-order chi connectivity index (χ1) is 8.86. The summed E-state index contributed by atoms with van der Waals surface area (Å²) >= 11 is 0. The van der Waals surface area contributed by atoms with Gasteiger partial charge in [0, 0.05) is 0 Å². The standard InChI is InChI=1S/C16H26OSi2/c1-18(2,13-15-9-5-6-10-15)17-19(3,4)14-16-11-7-8-12-16/h5-9,11H,10,12-14H2,1-4H3. The van der Waals surface area contributed by atoms with Crippen molar-refractivity contribution in [1.82, 2.24) is 0 Å². The monoisotopic (exact) mass is 290 g/mol. The van der Waals surface area contributed by atoms with Crippen LogP contribution < -0.4 is 0 Å². The maximum atomic E-state index is 6.69. The van der Waals surface area contributed by atoms with Crippen LogP contribution in [0.4, 0.5) is 0 Å². The van der Waals surface area contributed by atoms with Gasteiger partial charge in [-0.15, -0.1) is 0 Å². The smallest absolute Gasteiger partial charge is 0.177 e. The fraction of sp³-hybridized carbons (Fsp3) is 0.500. The molecule has 0 aromatic rings. The van der Waals surface area contributed by atoms with Crippen molar-refractivity contribution in [3.05, 3.63) is 47.6 Å². The van der Waals surface area contributed by atoms with Crippen LogP contribution in [0.1, 0.15) is 12.8 Å². The average Bonchev–Trinajstić information content (AvgIpc) is 2.87. The summed E-state index contributed by atoms with van der Waals surface area (Å²) < 4.78 is 6.69. The van der Waals surface area contributed by atoms with Crippen molar-refractivity contribution in [3.63, 3.8) is 0 Å². The van der Waals surface area contributed by atoms with Gasteiger partial charge in [0.2, 0.25) is 0 Å². The highest BCUT2D eigenvalue weighted by Gasteiger charge is 2.34. The van der Waals surface area contributed by atoms with Crippen molar-refractivity contribution in [2.75, 3.05) is 0 Å². The van der Waals surface area contributed by atoms with Crippen LogP contribution in [0.3, 0.4) is 0 Å². The Morgan fingerprint density at radius 1 is 0.842 bits per heavy atom. The lowest BCUT2D eigenvalue weighted by Gasteiger charge is -2.34. The Morgan fingerprint density at radius 2 is 1.26 bits per heavy atom. The second-order valence-electron chi connectivity index (χ2n) is 6.89. The molecule has 1 nitrogen and oxygen atoms in total. The van der Waals surface area contributed by atoms with E-state index in [1.807, 2.05) is 0 Å². The minimum absolute atomic E-state index is 1.14. The minimum Gasteiger partial charge on any atom is -0.455 e. The first kappa shape index (κ1) is 14.8. The van der Waals surface area contributed by atoms with E-state index < -0.39 is 16.6 Å². The molecule has 0 amide bonds. The summed E-state index contributed by atoms with van der Waals surface area (Å²) in [6.07, 6.45) is 15.7. The molecule has 3 heteroatoms. The lowest BCUT2D eigenvalue weighted by molar-refractivity contribution is 0.544.